The minimum atomic E-state index is -0.477. The third-order valence-corrected chi connectivity index (χ3v) is 8.27. The van der Waals surface area contributed by atoms with Crippen LogP contribution in [0.5, 0.6) is 5.75 Å². The highest BCUT2D eigenvalue weighted by Gasteiger charge is 2.28. The molecular formula is C32H41N5O3. The molecule has 212 valence electrons. The molecule has 3 aromatic rings. The molecule has 1 aliphatic rings. The SMILES string of the molecule is COc1ccc(N(Cc2cccnc2)C2CCN([C@H](C)CCc3c(C(N)=O)cc(C)c(C(N)=O)c3C)CC2)cc1. The molecule has 0 spiro atoms. The van der Waals surface area contributed by atoms with Gasteiger partial charge in [0.15, 0.2) is 0 Å². The van der Waals surface area contributed by atoms with E-state index in [1.54, 1.807) is 26.3 Å². The summed E-state index contributed by atoms with van der Waals surface area (Å²) in [5, 5.41) is 0. The lowest BCUT2D eigenvalue weighted by Gasteiger charge is -2.42. The van der Waals surface area contributed by atoms with Gasteiger partial charge >= 0.3 is 0 Å². The number of carbonyl (C=O) groups excluding carboxylic acids is 2. The Morgan fingerprint density at radius 2 is 1.80 bits per heavy atom. The van der Waals surface area contributed by atoms with Gasteiger partial charge in [-0.05, 0) is 105 Å². The molecule has 2 amide bonds. The Morgan fingerprint density at radius 1 is 1.10 bits per heavy atom. The number of pyridine rings is 1. The smallest absolute Gasteiger partial charge is 0.249 e. The number of benzene rings is 2. The lowest BCUT2D eigenvalue weighted by molar-refractivity contribution is 0.0986. The first kappa shape index (κ1) is 29.1. The number of aryl methyl sites for hydroxylation is 1. The molecule has 0 saturated carbocycles. The molecule has 0 unspecified atom stereocenters. The third kappa shape index (κ3) is 6.62. The highest BCUT2D eigenvalue weighted by Crippen LogP contribution is 2.29. The number of hydrogen-bond acceptors (Lipinski definition) is 6. The van der Waals surface area contributed by atoms with Gasteiger partial charge in [-0.25, -0.2) is 0 Å². The molecule has 4 N–H and O–H groups in total. The van der Waals surface area contributed by atoms with Crippen LogP contribution in [0.15, 0.2) is 54.9 Å². The standard InChI is InChI=1S/C32H41N5O3/c1-21-18-29(31(33)38)28(23(3)30(21)32(34)39)12-7-22(2)36-16-13-26(14-17-36)37(20-24-6-5-15-35-19-24)25-8-10-27(40-4)11-9-25/h5-6,8-11,15,18-19,22,26H,7,12-14,16-17,20H2,1-4H3,(H2,33,38)(H2,34,39)/t22-/m1/s1. The molecule has 4 rings (SSSR count). The van der Waals surface area contributed by atoms with Crippen LogP contribution in [0.1, 0.15) is 69.2 Å². The zero-order chi connectivity index (χ0) is 28.8. The Bertz CT molecular complexity index is 1320. The lowest BCUT2D eigenvalue weighted by atomic mass is 9.88. The normalized spacial score (nSPS) is 15.0. The van der Waals surface area contributed by atoms with Crippen molar-refractivity contribution in [3.8, 4) is 5.75 Å². The molecule has 0 bridgehead atoms. The van der Waals surface area contributed by atoms with Gasteiger partial charge in [-0.1, -0.05) is 6.07 Å². The van der Waals surface area contributed by atoms with Crippen LogP contribution >= 0.6 is 0 Å². The number of primary amides is 2. The van der Waals surface area contributed by atoms with Gasteiger partial charge in [0.1, 0.15) is 5.75 Å². The van der Waals surface area contributed by atoms with Crippen LogP contribution in [-0.2, 0) is 13.0 Å². The number of likely N-dealkylation sites (tertiary alicyclic amines) is 1. The summed E-state index contributed by atoms with van der Waals surface area (Å²) in [4.78, 5) is 33.6. The number of nitrogens with zero attached hydrogens (tertiary/aromatic N) is 3. The molecule has 1 atom stereocenters. The van der Waals surface area contributed by atoms with Crippen molar-refractivity contribution in [3.63, 3.8) is 0 Å². The third-order valence-electron chi connectivity index (χ3n) is 8.27. The second-order valence-electron chi connectivity index (χ2n) is 10.8. The van der Waals surface area contributed by atoms with Crippen LogP contribution in [0.3, 0.4) is 0 Å². The van der Waals surface area contributed by atoms with E-state index < -0.39 is 11.8 Å². The fourth-order valence-electron chi connectivity index (χ4n) is 6.01. The van der Waals surface area contributed by atoms with Crippen molar-refractivity contribution >= 4 is 17.5 Å². The summed E-state index contributed by atoms with van der Waals surface area (Å²) in [7, 11) is 1.69. The summed E-state index contributed by atoms with van der Waals surface area (Å²) in [5.41, 5.74) is 17.0. The zero-order valence-electron chi connectivity index (χ0n) is 24.0. The molecule has 1 fully saturated rings. The fourth-order valence-corrected chi connectivity index (χ4v) is 6.01. The first-order valence-corrected chi connectivity index (χ1v) is 14.0. The number of ether oxygens (including phenoxy) is 1. The highest BCUT2D eigenvalue weighted by molar-refractivity contribution is 6.00. The van der Waals surface area contributed by atoms with Crippen molar-refractivity contribution in [3.05, 3.63) is 88.2 Å². The Balaban J connectivity index is 1.44. The second kappa shape index (κ2) is 13.0. The molecule has 8 heteroatoms. The van der Waals surface area contributed by atoms with E-state index in [4.69, 9.17) is 16.2 Å². The summed E-state index contributed by atoms with van der Waals surface area (Å²) in [6.45, 7) is 8.65. The summed E-state index contributed by atoms with van der Waals surface area (Å²) in [6, 6.07) is 14.8. The Morgan fingerprint density at radius 3 is 2.38 bits per heavy atom. The monoisotopic (exact) mass is 543 g/mol. The number of methoxy groups -OCH3 is 1. The molecule has 40 heavy (non-hydrogen) atoms. The van der Waals surface area contributed by atoms with E-state index in [2.05, 4.69) is 39.9 Å². The van der Waals surface area contributed by atoms with E-state index in [1.807, 2.05) is 31.3 Å². The number of nitrogens with two attached hydrogens (primary N) is 2. The molecule has 1 aromatic heterocycles. The number of piperidine rings is 1. The summed E-state index contributed by atoms with van der Waals surface area (Å²) in [5.74, 6) is -0.104. The number of hydrogen-bond donors (Lipinski definition) is 2. The summed E-state index contributed by atoms with van der Waals surface area (Å²) < 4.78 is 5.38. The first-order valence-electron chi connectivity index (χ1n) is 14.0. The van der Waals surface area contributed by atoms with E-state index in [0.717, 1.165) is 55.8 Å². The molecule has 1 saturated heterocycles. The largest absolute Gasteiger partial charge is 0.497 e. The van der Waals surface area contributed by atoms with Crippen LogP contribution in [0.2, 0.25) is 0 Å². The van der Waals surface area contributed by atoms with Crippen LogP contribution in [0, 0.1) is 13.8 Å². The van der Waals surface area contributed by atoms with Gasteiger partial charge in [-0.3, -0.25) is 14.6 Å². The first-order chi connectivity index (χ1) is 19.2. The molecule has 2 aromatic carbocycles. The van der Waals surface area contributed by atoms with E-state index in [0.29, 0.717) is 35.2 Å². The van der Waals surface area contributed by atoms with Crippen molar-refractivity contribution in [2.24, 2.45) is 11.5 Å². The van der Waals surface area contributed by atoms with Crippen LogP contribution in [-0.4, -0.2) is 54.0 Å². The van der Waals surface area contributed by atoms with Gasteiger partial charge in [-0.15, -0.1) is 0 Å². The second-order valence-corrected chi connectivity index (χ2v) is 10.8. The number of rotatable bonds is 11. The average molecular weight is 544 g/mol. The number of anilines is 1. The quantitative estimate of drug-likeness (QED) is 0.371. The number of aromatic nitrogens is 1. The van der Waals surface area contributed by atoms with Gasteiger partial charge < -0.3 is 26.0 Å². The summed E-state index contributed by atoms with van der Waals surface area (Å²) >= 11 is 0. The van der Waals surface area contributed by atoms with E-state index >= 15 is 0 Å². The molecule has 8 nitrogen and oxygen atoms in total. The van der Waals surface area contributed by atoms with E-state index in [-0.39, 0.29) is 0 Å². The maximum Gasteiger partial charge on any atom is 0.249 e. The van der Waals surface area contributed by atoms with Gasteiger partial charge in [0, 0.05) is 60.9 Å². The van der Waals surface area contributed by atoms with Crippen molar-refractivity contribution in [2.45, 2.75) is 65.1 Å². The minimum Gasteiger partial charge on any atom is -0.497 e. The predicted octanol–water partition coefficient (Wildman–Crippen LogP) is 4.40. The maximum atomic E-state index is 12.2. The number of carbonyl (C=O) groups is 2. The summed E-state index contributed by atoms with van der Waals surface area (Å²) in [6.07, 6.45) is 7.33. The van der Waals surface area contributed by atoms with E-state index in [1.165, 1.54) is 11.3 Å². The van der Waals surface area contributed by atoms with Crippen LogP contribution in [0.4, 0.5) is 5.69 Å². The maximum absolute atomic E-state index is 12.2. The van der Waals surface area contributed by atoms with Gasteiger partial charge in [0.25, 0.3) is 0 Å². The Labute approximate surface area is 237 Å². The van der Waals surface area contributed by atoms with Crippen LogP contribution in [0.25, 0.3) is 0 Å². The molecule has 2 heterocycles. The zero-order valence-corrected chi connectivity index (χ0v) is 24.0. The van der Waals surface area contributed by atoms with E-state index in [9.17, 15) is 9.59 Å². The molecule has 0 radical (unpaired) electrons. The predicted molar refractivity (Wildman–Crippen MR) is 159 cm³/mol. The van der Waals surface area contributed by atoms with Crippen molar-refractivity contribution in [1.29, 1.82) is 0 Å². The Hall–Kier alpha value is -3.91. The van der Waals surface area contributed by atoms with Gasteiger partial charge in [0.2, 0.25) is 11.8 Å². The molecular weight excluding hydrogens is 502 g/mol. The van der Waals surface area contributed by atoms with Crippen molar-refractivity contribution in [2.75, 3.05) is 25.1 Å². The molecule has 0 aliphatic carbocycles. The highest BCUT2D eigenvalue weighted by atomic mass is 16.5. The molecule has 1 aliphatic heterocycles. The Kier molecular flexibility index (Phi) is 9.42. The lowest BCUT2D eigenvalue weighted by Crippen LogP contribution is -2.47. The topological polar surface area (TPSA) is 115 Å². The van der Waals surface area contributed by atoms with Gasteiger partial charge in [-0.2, -0.15) is 0 Å². The minimum absolute atomic E-state index is 0.312. The van der Waals surface area contributed by atoms with Crippen molar-refractivity contribution < 1.29 is 14.3 Å². The number of amides is 2. The van der Waals surface area contributed by atoms with Gasteiger partial charge in [0.05, 0.1) is 7.11 Å². The van der Waals surface area contributed by atoms with Crippen LogP contribution < -0.4 is 21.1 Å². The van der Waals surface area contributed by atoms with Crippen molar-refractivity contribution in [1.82, 2.24) is 9.88 Å². The average Bonchev–Trinajstić information content (AvgIpc) is 2.95. The fraction of sp³-hybridized carbons (Fsp3) is 0.406.